The second-order valence-electron chi connectivity index (χ2n) is 2.40. The van der Waals surface area contributed by atoms with Crippen LogP contribution in [0.25, 0.3) is 0 Å². The molecule has 0 saturated carbocycles. The molecular formula is C7H11NO. The van der Waals surface area contributed by atoms with Gasteiger partial charge in [-0.25, -0.2) is 0 Å². The van der Waals surface area contributed by atoms with Crippen molar-refractivity contribution in [3.63, 3.8) is 0 Å². The van der Waals surface area contributed by atoms with E-state index in [0.29, 0.717) is 6.54 Å². The molecule has 1 aliphatic carbocycles. The Kier molecular flexibility index (Phi) is 2.43. The third-order valence-electron chi connectivity index (χ3n) is 1.65. The molecule has 0 fully saturated rings. The molecule has 0 spiro atoms. The molecular weight excluding hydrogens is 114 g/mol. The highest BCUT2D eigenvalue weighted by Crippen LogP contribution is 2.16. The average molecular weight is 125 g/mol. The minimum Gasteiger partial charge on any atom is -0.150 e. The molecule has 0 aromatic carbocycles. The molecule has 2 nitrogen and oxygen atoms in total. The topological polar surface area (TPSA) is 29.4 Å². The lowest BCUT2D eigenvalue weighted by Crippen LogP contribution is -1.93. The molecule has 0 heterocycles. The summed E-state index contributed by atoms with van der Waals surface area (Å²) in [6, 6.07) is 0. The Labute approximate surface area is 54.9 Å². The normalized spacial score (nSPS) is 18.9. The fourth-order valence-electron chi connectivity index (χ4n) is 1.13. The molecule has 0 aliphatic heterocycles. The summed E-state index contributed by atoms with van der Waals surface area (Å²) < 4.78 is 0. The van der Waals surface area contributed by atoms with Gasteiger partial charge in [0.05, 0.1) is 0 Å². The molecule has 1 rings (SSSR count). The third kappa shape index (κ3) is 1.96. The van der Waals surface area contributed by atoms with E-state index in [1.165, 1.54) is 18.4 Å². The maximum absolute atomic E-state index is 9.78. The molecule has 1 aliphatic rings. The second-order valence-corrected chi connectivity index (χ2v) is 2.40. The summed E-state index contributed by atoms with van der Waals surface area (Å²) in [6.07, 6.45) is 6.89. The molecule has 0 unspecified atom stereocenters. The first-order valence-corrected chi connectivity index (χ1v) is 3.40. The molecule has 0 bridgehead atoms. The summed E-state index contributed by atoms with van der Waals surface area (Å²) in [4.78, 5) is 9.78. The van der Waals surface area contributed by atoms with Gasteiger partial charge in [0.15, 0.2) is 0 Å². The van der Waals surface area contributed by atoms with E-state index in [-0.39, 0.29) is 0 Å². The number of nitroso groups, excluding NO2 is 1. The van der Waals surface area contributed by atoms with Crippen molar-refractivity contribution >= 4 is 0 Å². The van der Waals surface area contributed by atoms with Crippen LogP contribution in [0.1, 0.15) is 25.7 Å². The first-order chi connectivity index (χ1) is 4.43. The number of allylic oxidation sites excluding steroid dienone is 1. The fourth-order valence-corrected chi connectivity index (χ4v) is 1.13. The minimum absolute atomic E-state index is 0.417. The predicted molar refractivity (Wildman–Crippen MR) is 37.2 cm³/mol. The van der Waals surface area contributed by atoms with Gasteiger partial charge in [-0.05, 0) is 31.3 Å². The molecule has 0 amide bonds. The van der Waals surface area contributed by atoms with Gasteiger partial charge in [-0.2, -0.15) is 4.91 Å². The Bertz CT molecular complexity index is 129. The van der Waals surface area contributed by atoms with Crippen LogP contribution in [-0.2, 0) is 0 Å². The Morgan fingerprint density at radius 1 is 1.56 bits per heavy atom. The zero-order valence-corrected chi connectivity index (χ0v) is 5.47. The largest absolute Gasteiger partial charge is 0.150 e. The van der Waals surface area contributed by atoms with Gasteiger partial charge in [-0.3, -0.25) is 0 Å². The molecule has 0 N–H and O–H groups in total. The van der Waals surface area contributed by atoms with Gasteiger partial charge in [0.1, 0.15) is 6.54 Å². The molecule has 9 heavy (non-hydrogen) atoms. The van der Waals surface area contributed by atoms with Crippen LogP contribution in [-0.4, -0.2) is 6.54 Å². The van der Waals surface area contributed by atoms with Crippen molar-refractivity contribution in [1.82, 2.24) is 0 Å². The number of hydrogen-bond acceptors (Lipinski definition) is 2. The van der Waals surface area contributed by atoms with Gasteiger partial charge in [0, 0.05) is 0 Å². The standard InChI is InChI=1S/C7H11NO/c9-8-6-7-4-2-1-3-5-7/h4H,1-3,5-6H2. The van der Waals surface area contributed by atoms with E-state index in [9.17, 15) is 4.91 Å². The zero-order chi connectivity index (χ0) is 6.53. The lowest BCUT2D eigenvalue weighted by atomic mass is 10.0. The number of hydrogen-bond donors (Lipinski definition) is 0. The van der Waals surface area contributed by atoms with E-state index < -0.39 is 0 Å². The van der Waals surface area contributed by atoms with E-state index in [2.05, 4.69) is 11.3 Å². The van der Waals surface area contributed by atoms with Crippen molar-refractivity contribution in [3.8, 4) is 0 Å². The summed E-state index contributed by atoms with van der Waals surface area (Å²) in [6.45, 7) is 0.417. The predicted octanol–water partition coefficient (Wildman–Crippen LogP) is 2.25. The van der Waals surface area contributed by atoms with Gasteiger partial charge >= 0.3 is 0 Å². The van der Waals surface area contributed by atoms with Crippen LogP contribution in [0, 0.1) is 4.91 Å². The van der Waals surface area contributed by atoms with Gasteiger partial charge in [-0.1, -0.05) is 11.3 Å². The van der Waals surface area contributed by atoms with Gasteiger partial charge in [0.2, 0.25) is 0 Å². The Balaban J connectivity index is 2.36. The Hall–Kier alpha value is -0.660. The maximum Gasteiger partial charge on any atom is 0.102 e. The van der Waals surface area contributed by atoms with Crippen LogP contribution in [0.5, 0.6) is 0 Å². The zero-order valence-electron chi connectivity index (χ0n) is 5.47. The van der Waals surface area contributed by atoms with Crippen LogP contribution in [0.2, 0.25) is 0 Å². The van der Waals surface area contributed by atoms with E-state index in [1.54, 1.807) is 0 Å². The van der Waals surface area contributed by atoms with Crippen LogP contribution in [0.3, 0.4) is 0 Å². The van der Waals surface area contributed by atoms with Crippen molar-refractivity contribution in [1.29, 1.82) is 0 Å². The lowest BCUT2D eigenvalue weighted by Gasteiger charge is -2.07. The molecule has 50 valence electrons. The van der Waals surface area contributed by atoms with Crippen molar-refractivity contribution in [3.05, 3.63) is 16.6 Å². The van der Waals surface area contributed by atoms with Crippen LogP contribution >= 0.6 is 0 Å². The summed E-state index contributed by atoms with van der Waals surface area (Å²) in [5, 5.41) is 2.84. The highest BCUT2D eigenvalue weighted by Gasteiger charge is 2.01. The van der Waals surface area contributed by atoms with E-state index in [1.807, 2.05) is 0 Å². The molecule has 0 atom stereocenters. The first-order valence-electron chi connectivity index (χ1n) is 3.40. The average Bonchev–Trinajstić information content (AvgIpc) is 1.91. The molecule has 2 heteroatoms. The minimum atomic E-state index is 0.417. The Morgan fingerprint density at radius 2 is 2.44 bits per heavy atom. The van der Waals surface area contributed by atoms with E-state index in [4.69, 9.17) is 0 Å². The van der Waals surface area contributed by atoms with Gasteiger partial charge < -0.3 is 0 Å². The smallest absolute Gasteiger partial charge is 0.102 e. The van der Waals surface area contributed by atoms with Crippen LogP contribution < -0.4 is 0 Å². The highest BCUT2D eigenvalue weighted by atomic mass is 16.3. The van der Waals surface area contributed by atoms with Crippen LogP contribution in [0.4, 0.5) is 0 Å². The van der Waals surface area contributed by atoms with Crippen molar-refractivity contribution in [2.75, 3.05) is 6.54 Å². The highest BCUT2D eigenvalue weighted by molar-refractivity contribution is 5.06. The maximum atomic E-state index is 9.78. The monoisotopic (exact) mass is 125 g/mol. The van der Waals surface area contributed by atoms with E-state index >= 15 is 0 Å². The quantitative estimate of drug-likeness (QED) is 0.411. The van der Waals surface area contributed by atoms with Crippen molar-refractivity contribution in [2.45, 2.75) is 25.7 Å². The van der Waals surface area contributed by atoms with E-state index in [0.717, 1.165) is 12.8 Å². The second kappa shape index (κ2) is 3.38. The van der Waals surface area contributed by atoms with Crippen molar-refractivity contribution < 1.29 is 0 Å². The van der Waals surface area contributed by atoms with Crippen LogP contribution in [0.15, 0.2) is 16.8 Å². The SMILES string of the molecule is O=NCC1=CCCCC1. The molecule has 0 saturated heterocycles. The van der Waals surface area contributed by atoms with Gasteiger partial charge in [0.25, 0.3) is 0 Å². The summed E-state index contributed by atoms with van der Waals surface area (Å²) >= 11 is 0. The summed E-state index contributed by atoms with van der Waals surface area (Å²) in [5.74, 6) is 0. The summed E-state index contributed by atoms with van der Waals surface area (Å²) in [5.41, 5.74) is 1.23. The molecule has 0 aromatic rings. The fraction of sp³-hybridized carbons (Fsp3) is 0.714. The number of nitrogens with zero attached hydrogens (tertiary/aromatic N) is 1. The van der Waals surface area contributed by atoms with Gasteiger partial charge in [-0.15, -0.1) is 0 Å². The third-order valence-corrected chi connectivity index (χ3v) is 1.65. The molecule has 0 aromatic heterocycles. The lowest BCUT2D eigenvalue weighted by molar-refractivity contribution is 0.691. The first kappa shape index (κ1) is 6.46. The molecule has 0 radical (unpaired) electrons. The van der Waals surface area contributed by atoms with Crippen molar-refractivity contribution in [2.24, 2.45) is 5.18 Å². The Morgan fingerprint density at radius 3 is 3.00 bits per heavy atom. The summed E-state index contributed by atoms with van der Waals surface area (Å²) in [7, 11) is 0. The number of rotatable bonds is 2.